The number of likely N-dealkylation sites (N-methyl/N-ethyl adjacent to an activating group) is 1. The molecule has 0 spiro atoms. The standard InChI is InChI=1S/C19H21ClN2O3/c1-3-21-19(24)13(2)22-18(23)12-25-17-10-9-15(11-16(17)20)14-7-5-4-6-8-14/h4-11,13H,3,12H2,1-2H3,(H,21,24)(H,22,23)/t13-/m0/s1. The van der Waals surface area contributed by atoms with Crippen LogP contribution in [0.3, 0.4) is 0 Å². The number of hydrogen-bond acceptors (Lipinski definition) is 3. The SMILES string of the molecule is CCNC(=O)[C@H](C)NC(=O)COc1ccc(-c2ccccc2)cc1Cl. The Morgan fingerprint density at radius 2 is 1.84 bits per heavy atom. The second-order valence-corrected chi connectivity index (χ2v) is 5.89. The molecule has 0 saturated carbocycles. The predicted octanol–water partition coefficient (Wildman–Crippen LogP) is 3.03. The van der Waals surface area contributed by atoms with Gasteiger partial charge in [0.25, 0.3) is 5.91 Å². The van der Waals surface area contributed by atoms with Crippen LogP contribution in [0, 0.1) is 0 Å². The summed E-state index contributed by atoms with van der Waals surface area (Å²) in [6, 6.07) is 14.6. The first-order chi connectivity index (χ1) is 12.0. The molecule has 25 heavy (non-hydrogen) atoms. The fraction of sp³-hybridized carbons (Fsp3) is 0.263. The Labute approximate surface area is 152 Å². The molecule has 5 nitrogen and oxygen atoms in total. The van der Waals surface area contributed by atoms with Crippen LogP contribution in [0.4, 0.5) is 0 Å². The highest BCUT2D eigenvalue weighted by atomic mass is 35.5. The molecule has 2 aromatic rings. The van der Waals surface area contributed by atoms with Crippen LogP contribution in [-0.2, 0) is 9.59 Å². The summed E-state index contributed by atoms with van der Waals surface area (Å²) in [7, 11) is 0. The van der Waals surface area contributed by atoms with E-state index in [0.717, 1.165) is 11.1 Å². The molecule has 1 atom stereocenters. The molecule has 132 valence electrons. The summed E-state index contributed by atoms with van der Waals surface area (Å²) in [6.45, 7) is 3.73. The van der Waals surface area contributed by atoms with Crippen LogP contribution in [0.1, 0.15) is 13.8 Å². The fourth-order valence-electron chi connectivity index (χ4n) is 2.25. The number of rotatable bonds is 7. The number of hydrogen-bond donors (Lipinski definition) is 2. The van der Waals surface area contributed by atoms with Crippen LogP contribution < -0.4 is 15.4 Å². The van der Waals surface area contributed by atoms with Gasteiger partial charge in [-0.1, -0.05) is 48.0 Å². The van der Waals surface area contributed by atoms with Gasteiger partial charge in [0.2, 0.25) is 5.91 Å². The quantitative estimate of drug-likeness (QED) is 0.797. The smallest absolute Gasteiger partial charge is 0.258 e. The summed E-state index contributed by atoms with van der Waals surface area (Å²) in [5.41, 5.74) is 2.01. The van der Waals surface area contributed by atoms with E-state index in [-0.39, 0.29) is 18.4 Å². The first-order valence-corrected chi connectivity index (χ1v) is 8.44. The number of carbonyl (C=O) groups excluding carboxylic acids is 2. The van der Waals surface area contributed by atoms with Crippen molar-refractivity contribution in [1.82, 2.24) is 10.6 Å². The zero-order chi connectivity index (χ0) is 18.2. The minimum atomic E-state index is -0.619. The highest BCUT2D eigenvalue weighted by Gasteiger charge is 2.15. The molecule has 0 heterocycles. The number of benzene rings is 2. The molecule has 0 aliphatic carbocycles. The lowest BCUT2D eigenvalue weighted by molar-refractivity contribution is -0.129. The molecule has 0 bridgehead atoms. The van der Waals surface area contributed by atoms with Crippen molar-refractivity contribution < 1.29 is 14.3 Å². The van der Waals surface area contributed by atoms with Crippen LogP contribution in [0.25, 0.3) is 11.1 Å². The Kier molecular flexibility index (Phi) is 6.83. The van der Waals surface area contributed by atoms with E-state index in [2.05, 4.69) is 10.6 Å². The van der Waals surface area contributed by atoms with Gasteiger partial charge in [0.15, 0.2) is 6.61 Å². The van der Waals surface area contributed by atoms with Crippen LogP contribution in [0.5, 0.6) is 5.75 Å². The van der Waals surface area contributed by atoms with E-state index in [1.54, 1.807) is 19.1 Å². The van der Waals surface area contributed by atoms with Gasteiger partial charge >= 0.3 is 0 Å². The van der Waals surface area contributed by atoms with Crippen LogP contribution in [0.2, 0.25) is 5.02 Å². The van der Waals surface area contributed by atoms with Gasteiger partial charge < -0.3 is 15.4 Å². The molecular formula is C19H21ClN2O3. The van der Waals surface area contributed by atoms with Crippen molar-refractivity contribution in [3.63, 3.8) is 0 Å². The van der Waals surface area contributed by atoms with Gasteiger partial charge in [0, 0.05) is 6.54 Å². The third-order valence-corrected chi connectivity index (χ3v) is 3.81. The minimum absolute atomic E-state index is 0.214. The van der Waals surface area contributed by atoms with Gasteiger partial charge in [-0.2, -0.15) is 0 Å². The monoisotopic (exact) mass is 360 g/mol. The first kappa shape index (κ1) is 18.8. The maximum Gasteiger partial charge on any atom is 0.258 e. The number of halogens is 1. The molecule has 0 radical (unpaired) electrons. The van der Waals surface area contributed by atoms with Crippen LogP contribution >= 0.6 is 11.6 Å². The Morgan fingerprint density at radius 1 is 1.12 bits per heavy atom. The van der Waals surface area contributed by atoms with Crippen molar-refractivity contribution in [2.24, 2.45) is 0 Å². The van der Waals surface area contributed by atoms with Crippen molar-refractivity contribution in [2.75, 3.05) is 13.2 Å². The maximum atomic E-state index is 11.9. The normalized spacial score (nSPS) is 11.5. The van der Waals surface area contributed by atoms with Gasteiger partial charge in [0.05, 0.1) is 5.02 Å². The molecule has 0 unspecified atom stereocenters. The van der Waals surface area contributed by atoms with E-state index in [9.17, 15) is 9.59 Å². The summed E-state index contributed by atoms with van der Waals surface area (Å²) in [5.74, 6) is -0.204. The van der Waals surface area contributed by atoms with Crippen molar-refractivity contribution in [3.05, 3.63) is 53.6 Å². The van der Waals surface area contributed by atoms with Gasteiger partial charge in [-0.05, 0) is 37.1 Å². The lowest BCUT2D eigenvalue weighted by atomic mass is 10.1. The van der Waals surface area contributed by atoms with E-state index in [1.807, 2.05) is 43.3 Å². The van der Waals surface area contributed by atoms with Crippen molar-refractivity contribution >= 4 is 23.4 Å². The average molecular weight is 361 g/mol. The van der Waals surface area contributed by atoms with E-state index < -0.39 is 6.04 Å². The second kappa shape index (κ2) is 9.08. The lowest BCUT2D eigenvalue weighted by Gasteiger charge is -2.14. The molecule has 0 aromatic heterocycles. The molecule has 2 rings (SSSR count). The minimum Gasteiger partial charge on any atom is -0.482 e. The molecular weight excluding hydrogens is 340 g/mol. The molecule has 0 aliphatic rings. The van der Waals surface area contributed by atoms with Crippen LogP contribution in [0.15, 0.2) is 48.5 Å². The summed E-state index contributed by atoms with van der Waals surface area (Å²) >= 11 is 6.24. The first-order valence-electron chi connectivity index (χ1n) is 8.06. The third-order valence-electron chi connectivity index (χ3n) is 3.52. The third kappa shape index (κ3) is 5.50. The fourth-order valence-corrected chi connectivity index (χ4v) is 2.48. The van der Waals surface area contributed by atoms with E-state index in [0.29, 0.717) is 17.3 Å². The number of nitrogens with one attached hydrogen (secondary N) is 2. The van der Waals surface area contributed by atoms with E-state index in [4.69, 9.17) is 16.3 Å². The number of amides is 2. The molecule has 0 fully saturated rings. The molecule has 0 aliphatic heterocycles. The Bertz CT molecular complexity index is 735. The Hall–Kier alpha value is -2.53. The van der Waals surface area contributed by atoms with Gasteiger partial charge in [-0.3, -0.25) is 9.59 Å². The predicted molar refractivity (Wildman–Crippen MR) is 98.7 cm³/mol. The summed E-state index contributed by atoms with van der Waals surface area (Å²) in [6.07, 6.45) is 0. The summed E-state index contributed by atoms with van der Waals surface area (Å²) < 4.78 is 5.45. The number of ether oxygens (including phenoxy) is 1. The molecule has 6 heteroatoms. The molecule has 2 N–H and O–H groups in total. The van der Waals surface area contributed by atoms with Crippen molar-refractivity contribution in [3.8, 4) is 16.9 Å². The molecule has 0 saturated heterocycles. The average Bonchev–Trinajstić information content (AvgIpc) is 2.61. The summed E-state index contributed by atoms with van der Waals surface area (Å²) in [4.78, 5) is 23.5. The highest BCUT2D eigenvalue weighted by molar-refractivity contribution is 6.32. The van der Waals surface area contributed by atoms with Crippen LogP contribution in [-0.4, -0.2) is 31.0 Å². The molecule has 2 amide bonds. The maximum absolute atomic E-state index is 11.9. The van der Waals surface area contributed by atoms with Gasteiger partial charge in [-0.15, -0.1) is 0 Å². The molecule has 2 aromatic carbocycles. The van der Waals surface area contributed by atoms with E-state index >= 15 is 0 Å². The number of carbonyl (C=O) groups is 2. The second-order valence-electron chi connectivity index (χ2n) is 5.48. The zero-order valence-electron chi connectivity index (χ0n) is 14.2. The zero-order valence-corrected chi connectivity index (χ0v) is 15.0. The Balaban J connectivity index is 1.93. The van der Waals surface area contributed by atoms with Crippen molar-refractivity contribution in [2.45, 2.75) is 19.9 Å². The highest BCUT2D eigenvalue weighted by Crippen LogP contribution is 2.30. The Morgan fingerprint density at radius 3 is 2.48 bits per heavy atom. The van der Waals surface area contributed by atoms with Gasteiger partial charge in [0.1, 0.15) is 11.8 Å². The largest absolute Gasteiger partial charge is 0.482 e. The lowest BCUT2D eigenvalue weighted by Crippen LogP contribution is -2.46. The van der Waals surface area contributed by atoms with E-state index in [1.165, 1.54) is 0 Å². The van der Waals surface area contributed by atoms with Gasteiger partial charge in [-0.25, -0.2) is 0 Å². The van der Waals surface area contributed by atoms with Crippen molar-refractivity contribution in [1.29, 1.82) is 0 Å². The topological polar surface area (TPSA) is 67.4 Å². The summed E-state index contributed by atoms with van der Waals surface area (Å²) in [5, 5.41) is 5.63.